The van der Waals surface area contributed by atoms with Crippen molar-refractivity contribution >= 4 is 63.7 Å². The van der Waals surface area contributed by atoms with Gasteiger partial charge in [-0.2, -0.15) is 0 Å². The number of rotatable bonds is 2. The second-order valence-electron chi connectivity index (χ2n) is 1.73. The molecule has 2 unspecified atom stereocenters. The zero-order valence-corrected chi connectivity index (χ0v) is 10.6. The average Bonchev–Trinajstić information content (AvgIpc) is 2.39. The van der Waals surface area contributed by atoms with Crippen molar-refractivity contribution in [3.8, 4) is 0 Å². The van der Waals surface area contributed by atoms with Gasteiger partial charge in [0.15, 0.2) is 0 Å². The summed E-state index contributed by atoms with van der Waals surface area (Å²) >= 11 is 13.4. The SMILES string of the molecule is BrC(Br)C1OC1C(Br)Br. The van der Waals surface area contributed by atoms with E-state index in [1.165, 1.54) is 0 Å². The summed E-state index contributed by atoms with van der Waals surface area (Å²) < 4.78 is 5.79. The molecule has 2 atom stereocenters. The van der Waals surface area contributed by atoms with Crippen LogP contribution in [0.3, 0.4) is 0 Å². The molecule has 1 aliphatic rings. The van der Waals surface area contributed by atoms with Crippen molar-refractivity contribution in [3.63, 3.8) is 0 Å². The van der Waals surface area contributed by atoms with Crippen LogP contribution in [0.5, 0.6) is 0 Å². The maximum absolute atomic E-state index is 5.25. The fourth-order valence-corrected chi connectivity index (χ4v) is 2.24. The van der Waals surface area contributed by atoms with Crippen molar-refractivity contribution in [2.24, 2.45) is 0 Å². The molecule has 1 heterocycles. The third kappa shape index (κ3) is 2.43. The topological polar surface area (TPSA) is 12.5 Å². The predicted molar refractivity (Wildman–Crippen MR) is 51.9 cm³/mol. The van der Waals surface area contributed by atoms with E-state index in [-0.39, 0.29) is 7.47 Å². The minimum absolute atomic E-state index is 0.271. The van der Waals surface area contributed by atoms with E-state index < -0.39 is 0 Å². The Morgan fingerprint density at radius 2 is 1.22 bits per heavy atom. The molecular weight excluding hydrogens is 384 g/mol. The van der Waals surface area contributed by atoms with Crippen LogP contribution in [0, 0.1) is 0 Å². The van der Waals surface area contributed by atoms with E-state index in [1.54, 1.807) is 0 Å². The summed E-state index contributed by atoms with van der Waals surface area (Å²) in [6.45, 7) is 0. The molecule has 1 nitrogen and oxygen atoms in total. The van der Waals surface area contributed by atoms with Crippen LogP contribution in [0.2, 0.25) is 0 Å². The maximum Gasteiger partial charge on any atom is 0.108 e. The van der Waals surface area contributed by atoms with Crippen molar-refractivity contribution in [1.82, 2.24) is 0 Å². The third-order valence-corrected chi connectivity index (χ3v) is 3.14. The third-order valence-electron chi connectivity index (χ3n) is 1.06. The molecule has 0 amide bonds. The Balaban J connectivity index is 2.24. The molecule has 1 aliphatic heterocycles. The lowest BCUT2D eigenvalue weighted by Crippen LogP contribution is -2.06. The molecule has 0 bridgehead atoms. The summed E-state index contributed by atoms with van der Waals surface area (Å²) in [7, 11) is 0. The van der Waals surface area contributed by atoms with Crippen molar-refractivity contribution in [2.75, 3.05) is 0 Å². The fourth-order valence-electron chi connectivity index (χ4n) is 0.542. The molecule has 0 N–H and O–H groups in total. The van der Waals surface area contributed by atoms with Crippen LogP contribution in [0.15, 0.2) is 0 Å². The van der Waals surface area contributed by atoms with Gasteiger partial charge in [0.05, 0.1) is 7.47 Å². The molecule has 0 saturated carbocycles. The second-order valence-corrected chi connectivity index (χ2v) is 8.14. The monoisotopic (exact) mass is 384 g/mol. The summed E-state index contributed by atoms with van der Waals surface area (Å²) in [5, 5.41) is 0. The van der Waals surface area contributed by atoms with Gasteiger partial charge in [-0.05, 0) is 0 Å². The van der Waals surface area contributed by atoms with Crippen molar-refractivity contribution in [1.29, 1.82) is 0 Å². The first-order valence-electron chi connectivity index (χ1n) is 2.34. The van der Waals surface area contributed by atoms with Crippen LogP contribution in [0.25, 0.3) is 0 Å². The van der Waals surface area contributed by atoms with Gasteiger partial charge < -0.3 is 4.74 Å². The lowest BCUT2D eigenvalue weighted by atomic mass is 10.4. The minimum Gasteiger partial charge on any atom is -0.365 e. The molecule has 0 aromatic carbocycles. The van der Waals surface area contributed by atoms with Crippen molar-refractivity contribution in [3.05, 3.63) is 0 Å². The molecule has 5 heteroatoms. The largest absolute Gasteiger partial charge is 0.365 e. The Morgan fingerprint density at radius 1 is 0.889 bits per heavy atom. The molecule has 0 radical (unpaired) electrons. The Kier molecular flexibility index (Phi) is 3.51. The van der Waals surface area contributed by atoms with Crippen LogP contribution in [0.4, 0.5) is 0 Å². The molecule has 0 aromatic heterocycles. The van der Waals surface area contributed by atoms with Crippen molar-refractivity contribution in [2.45, 2.75) is 19.7 Å². The highest BCUT2D eigenvalue weighted by Crippen LogP contribution is 2.39. The second kappa shape index (κ2) is 3.52. The molecule has 0 aromatic rings. The smallest absolute Gasteiger partial charge is 0.108 e. The summed E-state index contributed by atoms with van der Waals surface area (Å²) in [6.07, 6.45) is 0.600. The van der Waals surface area contributed by atoms with Crippen LogP contribution in [0.1, 0.15) is 0 Å². The van der Waals surface area contributed by atoms with Gasteiger partial charge in [-0.15, -0.1) is 0 Å². The lowest BCUT2D eigenvalue weighted by molar-refractivity contribution is 0.388. The first kappa shape index (κ1) is 8.97. The molecule has 0 spiro atoms. The summed E-state index contributed by atoms with van der Waals surface area (Å²) in [6, 6.07) is 0. The highest BCUT2D eigenvalue weighted by atomic mass is 79.9. The van der Waals surface area contributed by atoms with Gasteiger partial charge in [-0.1, -0.05) is 63.7 Å². The van der Waals surface area contributed by atoms with Gasteiger partial charge in [-0.25, -0.2) is 0 Å². The van der Waals surface area contributed by atoms with Crippen LogP contribution < -0.4 is 0 Å². The Hall–Kier alpha value is 1.88. The molecule has 1 rings (SSSR count). The Labute approximate surface area is 87.4 Å². The van der Waals surface area contributed by atoms with Crippen LogP contribution in [-0.2, 0) is 4.74 Å². The van der Waals surface area contributed by atoms with Gasteiger partial charge >= 0.3 is 0 Å². The van der Waals surface area contributed by atoms with E-state index >= 15 is 0 Å². The normalized spacial score (nSPS) is 34.0. The minimum atomic E-state index is 0.271. The van der Waals surface area contributed by atoms with E-state index in [2.05, 4.69) is 63.7 Å². The number of hydrogen-bond acceptors (Lipinski definition) is 1. The quantitative estimate of drug-likeness (QED) is 0.524. The highest BCUT2D eigenvalue weighted by molar-refractivity contribution is 9.25. The lowest BCUT2D eigenvalue weighted by Gasteiger charge is -1.93. The van der Waals surface area contributed by atoms with Gasteiger partial charge in [0.1, 0.15) is 12.2 Å². The molecule has 9 heavy (non-hydrogen) atoms. The van der Waals surface area contributed by atoms with Crippen LogP contribution in [-0.4, -0.2) is 19.7 Å². The molecule has 54 valence electrons. The summed E-state index contributed by atoms with van der Waals surface area (Å²) in [4.78, 5) is 0. The average molecular weight is 388 g/mol. The molecular formula is C4H4Br4O. The summed E-state index contributed by atoms with van der Waals surface area (Å²) in [5.41, 5.74) is 0. The zero-order valence-electron chi connectivity index (χ0n) is 4.23. The van der Waals surface area contributed by atoms with Gasteiger partial charge in [0, 0.05) is 0 Å². The van der Waals surface area contributed by atoms with E-state index in [0.717, 1.165) is 0 Å². The van der Waals surface area contributed by atoms with E-state index in [4.69, 9.17) is 4.74 Å². The van der Waals surface area contributed by atoms with E-state index in [9.17, 15) is 0 Å². The Morgan fingerprint density at radius 3 is 1.33 bits per heavy atom. The molecule has 0 aliphatic carbocycles. The van der Waals surface area contributed by atoms with Crippen molar-refractivity contribution < 1.29 is 4.74 Å². The first-order valence-corrected chi connectivity index (χ1v) is 6.01. The van der Waals surface area contributed by atoms with Gasteiger partial charge in [0.2, 0.25) is 0 Å². The fraction of sp³-hybridized carbons (Fsp3) is 1.00. The molecule has 1 fully saturated rings. The van der Waals surface area contributed by atoms with Crippen LogP contribution >= 0.6 is 63.7 Å². The molecule has 1 saturated heterocycles. The van der Waals surface area contributed by atoms with E-state index in [0.29, 0.717) is 12.2 Å². The predicted octanol–water partition coefficient (Wildman–Crippen LogP) is 2.99. The number of ether oxygens (including phenoxy) is 1. The number of hydrogen-bond donors (Lipinski definition) is 0. The first-order chi connectivity index (χ1) is 4.13. The number of alkyl halides is 4. The number of epoxide rings is 1. The van der Waals surface area contributed by atoms with Gasteiger partial charge in [0.25, 0.3) is 0 Å². The Bertz CT molecular complexity index is 92.7. The zero-order chi connectivity index (χ0) is 7.02. The number of halogens is 4. The maximum atomic E-state index is 5.25. The summed E-state index contributed by atoms with van der Waals surface area (Å²) in [5.74, 6) is 0. The van der Waals surface area contributed by atoms with E-state index in [1.807, 2.05) is 0 Å². The standard InChI is InChI=1S/C4H4Br4O/c5-3(6)1-2(9-1)4(7)8/h1-4H. The van der Waals surface area contributed by atoms with Gasteiger partial charge in [-0.3, -0.25) is 0 Å². The highest BCUT2D eigenvalue weighted by Gasteiger charge is 2.46.